The van der Waals surface area contributed by atoms with Crippen LogP contribution in [0.5, 0.6) is 0 Å². The fourth-order valence-corrected chi connectivity index (χ4v) is 1.88. The molecular formula is C11H19N3O. The highest BCUT2D eigenvalue weighted by molar-refractivity contribution is 5.82. The van der Waals surface area contributed by atoms with E-state index in [1.54, 1.807) is 0 Å². The van der Waals surface area contributed by atoms with E-state index < -0.39 is 0 Å². The number of hydrogen-bond donors (Lipinski definition) is 1. The number of amides is 1. The molecule has 0 radical (unpaired) electrons. The van der Waals surface area contributed by atoms with Crippen molar-refractivity contribution in [1.29, 1.82) is 5.26 Å². The van der Waals surface area contributed by atoms with Crippen molar-refractivity contribution in [2.75, 3.05) is 19.6 Å². The van der Waals surface area contributed by atoms with Crippen molar-refractivity contribution in [3.05, 3.63) is 0 Å². The lowest BCUT2D eigenvalue weighted by molar-refractivity contribution is -0.132. The van der Waals surface area contributed by atoms with Crippen molar-refractivity contribution in [2.45, 2.75) is 33.2 Å². The van der Waals surface area contributed by atoms with E-state index in [2.05, 4.69) is 25.2 Å². The molecule has 4 nitrogen and oxygen atoms in total. The summed E-state index contributed by atoms with van der Waals surface area (Å²) in [6.45, 7) is 8.49. The first-order valence-electron chi connectivity index (χ1n) is 5.39. The molecule has 15 heavy (non-hydrogen) atoms. The predicted octanol–water partition coefficient (Wildman–Crippen LogP) is 0.747. The third kappa shape index (κ3) is 2.93. The number of rotatable bonds is 2. The van der Waals surface area contributed by atoms with Crippen LogP contribution in [0, 0.1) is 16.7 Å². The Kier molecular flexibility index (Phi) is 3.70. The summed E-state index contributed by atoms with van der Waals surface area (Å²) in [7, 11) is 0. The van der Waals surface area contributed by atoms with Gasteiger partial charge in [0.1, 0.15) is 0 Å². The second kappa shape index (κ2) is 4.63. The molecule has 84 valence electrons. The first-order chi connectivity index (χ1) is 7.00. The van der Waals surface area contributed by atoms with Crippen LogP contribution in [0.15, 0.2) is 0 Å². The SMILES string of the molecule is CCN1CC(C)(C)CNC(CC#N)C1=O. The van der Waals surface area contributed by atoms with Gasteiger partial charge in [-0.25, -0.2) is 0 Å². The lowest BCUT2D eigenvalue weighted by Gasteiger charge is -2.28. The Morgan fingerprint density at radius 2 is 2.33 bits per heavy atom. The van der Waals surface area contributed by atoms with Crippen LogP contribution >= 0.6 is 0 Å². The number of nitrogens with zero attached hydrogens (tertiary/aromatic N) is 2. The Morgan fingerprint density at radius 1 is 1.67 bits per heavy atom. The molecule has 0 aromatic rings. The van der Waals surface area contributed by atoms with E-state index in [0.717, 1.165) is 13.1 Å². The molecule has 1 amide bonds. The zero-order valence-electron chi connectivity index (χ0n) is 9.71. The minimum absolute atomic E-state index is 0.0598. The van der Waals surface area contributed by atoms with Gasteiger partial charge in [-0.2, -0.15) is 5.26 Å². The number of likely N-dealkylation sites (N-methyl/N-ethyl adjacent to an activating group) is 1. The van der Waals surface area contributed by atoms with Gasteiger partial charge in [0.15, 0.2) is 0 Å². The summed E-state index contributed by atoms with van der Waals surface area (Å²) in [4.78, 5) is 13.8. The average Bonchev–Trinajstić information content (AvgIpc) is 2.29. The molecule has 1 fully saturated rings. The molecule has 1 rings (SSSR count). The van der Waals surface area contributed by atoms with Gasteiger partial charge in [0.2, 0.25) is 5.91 Å². The van der Waals surface area contributed by atoms with Crippen LogP contribution < -0.4 is 5.32 Å². The third-order valence-electron chi connectivity index (χ3n) is 2.73. The summed E-state index contributed by atoms with van der Waals surface area (Å²) in [5.74, 6) is 0.0598. The van der Waals surface area contributed by atoms with E-state index in [-0.39, 0.29) is 23.8 Å². The zero-order valence-corrected chi connectivity index (χ0v) is 9.71. The molecule has 1 N–H and O–H groups in total. The Labute approximate surface area is 91.2 Å². The van der Waals surface area contributed by atoms with Gasteiger partial charge in [-0.15, -0.1) is 0 Å². The molecule has 1 unspecified atom stereocenters. The van der Waals surface area contributed by atoms with Crippen molar-refractivity contribution < 1.29 is 4.79 Å². The fraction of sp³-hybridized carbons (Fsp3) is 0.818. The van der Waals surface area contributed by atoms with E-state index >= 15 is 0 Å². The van der Waals surface area contributed by atoms with Gasteiger partial charge in [-0.05, 0) is 12.3 Å². The van der Waals surface area contributed by atoms with E-state index in [4.69, 9.17) is 5.26 Å². The fourth-order valence-electron chi connectivity index (χ4n) is 1.88. The zero-order chi connectivity index (χ0) is 11.5. The molecule has 0 aromatic carbocycles. The molecule has 0 aromatic heterocycles. The van der Waals surface area contributed by atoms with E-state index in [9.17, 15) is 4.79 Å². The quantitative estimate of drug-likeness (QED) is 0.730. The maximum absolute atomic E-state index is 12.0. The molecule has 1 aliphatic heterocycles. The van der Waals surface area contributed by atoms with Crippen LogP contribution in [0.2, 0.25) is 0 Å². The van der Waals surface area contributed by atoms with Crippen LogP contribution in [0.4, 0.5) is 0 Å². The molecule has 0 saturated carbocycles. The summed E-state index contributed by atoms with van der Waals surface area (Å²) < 4.78 is 0. The minimum Gasteiger partial charge on any atom is -0.341 e. The van der Waals surface area contributed by atoms with Gasteiger partial charge >= 0.3 is 0 Å². The van der Waals surface area contributed by atoms with Gasteiger partial charge in [0.25, 0.3) is 0 Å². The van der Waals surface area contributed by atoms with E-state index in [0.29, 0.717) is 6.54 Å². The molecule has 1 saturated heterocycles. The number of hydrogen-bond acceptors (Lipinski definition) is 3. The van der Waals surface area contributed by atoms with Crippen LogP contribution in [-0.2, 0) is 4.79 Å². The molecular weight excluding hydrogens is 190 g/mol. The standard InChI is InChI=1S/C11H19N3O/c1-4-14-8-11(2,3)7-13-9(5-6-12)10(14)15/h9,13H,4-5,7-8H2,1-3H3. The molecule has 1 atom stereocenters. The molecule has 0 aliphatic carbocycles. The number of nitrogens with one attached hydrogen (secondary N) is 1. The largest absolute Gasteiger partial charge is 0.341 e. The summed E-state index contributed by atoms with van der Waals surface area (Å²) >= 11 is 0. The minimum atomic E-state index is -0.322. The molecule has 1 heterocycles. The maximum Gasteiger partial charge on any atom is 0.240 e. The van der Waals surface area contributed by atoms with Crippen molar-refractivity contribution >= 4 is 5.91 Å². The third-order valence-corrected chi connectivity index (χ3v) is 2.73. The summed E-state index contributed by atoms with van der Waals surface area (Å²) in [6.07, 6.45) is 0.255. The van der Waals surface area contributed by atoms with Crippen LogP contribution in [-0.4, -0.2) is 36.5 Å². The maximum atomic E-state index is 12.0. The topological polar surface area (TPSA) is 56.1 Å². The number of carbonyl (C=O) groups is 1. The van der Waals surface area contributed by atoms with Gasteiger partial charge in [-0.3, -0.25) is 4.79 Å². The average molecular weight is 209 g/mol. The summed E-state index contributed by atoms with van der Waals surface area (Å²) in [5, 5.41) is 11.8. The van der Waals surface area contributed by atoms with Crippen molar-refractivity contribution in [2.24, 2.45) is 5.41 Å². The summed E-state index contributed by atoms with van der Waals surface area (Å²) in [5.41, 5.74) is 0.0792. The Hall–Kier alpha value is -1.08. The molecule has 1 aliphatic rings. The van der Waals surface area contributed by atoms with Crippen LogP contribution in [0.25, 0.3) is 0 Å². The van der Waals surface area contributed by atoms with Crippen molar-refractivity contribution in [1.82, 2.24) is 10.2 Å². The smallest absolute Gasteiger partial charge is 0.240 e. The lowest BCUT2D eigenvalue weighted by Crippen LogP contribution is -2.43. The highest BCUT2D eigenvalue weighted by Crippen LogP contribution is 2.20. The summed E-state index contributed by atoms with van der Waals surface area (Å²) in [6, 6.07) is 1.74. The van der Waals surface area contributed by atoms with Gasteiger partial charge in [-0.1, -0.05) is 13.8 Å². The highest BCUT2D eigenvalue weighted by Gasteiger charge is 2.33. The van der Waals surface area contributed by atoms with Gasteiger partial charge in [0.05, 0.1) is 18.5 Å². The monoisotopic (exact) mass is 209 g/mol. The first kappa shape index (κ1) is 12.0. The van der Waals surface area contributed by atoms with Crippen LogP contribution in [0.3, 0.4) is 0 Å². The Bertz CT molecular complexity index is 280. The first-order valence-corrected chi connectivity index (χ1v) is 5.39. The second-order valence-corrected chi connectivity index (χ2v) is 4.81. The second-order valence-electron chi connectivity index (χ2n) is 4.81. The lowest BCUT2D eigenvalue weighted by atomic mass is 9.93. The van der Waals surface area contributed by atoms with Crippen LogP contribution in [0.1, 0.15) is 27.2 Å². The van der Waals surface area contributed by atoms with Crippen molar-refractivity contribution in [3.63, 3.8) is 0 Å². The normalized spacial score (nSPS) is 25.9. The number of nitriles is 1. The van der Waals surface area contributed by atoms with Gasteiger partial charge < -0.3 is 10.2 Å². The molecule has 0 spiro atoms. The van der Waals surface area contributed by atoms with Crippen molar-refractivity contribution in [3.8, 4) is 6.07 Å². The number of carbonyl (C=O) groups excluding carboxylic acids is 1. The molecule has 0 bridgehead atoms. The van der Waals surface area contributed by atoms with E-state index in [1.807, 2.05) is 11.8 Å². The molecule has 4 heteroatoms. The van der Waals surface area contributed by atoms with Gasteiger partial charge in [0, 0.05) is 19.6 Å². The predicted molar refractivity (Wildman–Crippen MR) is 58.1 cm³/mol. The van der Waals surface area contributed by atoms with E-state index in [1.165, 1.54) is 0 Å². The highest BCUT2D eigenvalue weighted by atomic mass is 16.2. The Morgan fingerprint density at radius 3 is 2.87 bits per heavy atom. The Balaban J connectivity index is 2.81.